The molecule has 5 heteroatoms. The smallest absolute Gasteiger partial charge is 0.328 e. The van der Waals surface area contributed by atoms with Crippen molar-refractivity contribution in [3.63, 3.8) is 0 Å². The zero-order valence-electron chi connectivity index (χ0n) is 11.2. The van der Waals surface area contributed by atoms with Crippen molar-refractivity contribution in [1.82, 2.24) is 10.3 Å². The molecule has 0 fully saturated rings. The third-order valence-corrected chi connectivity index (χ3v) is 2.80. The van der Waals surface area contributed by atoms with E-state index in [9.17, 15) is 9.59 Å². The van der Waals surface area contributed by atoms with Gasteiger partial charge in [-0.25, -0.2) is 4.79 Å². The molecule has 0 unspecified atom stereocenters. The molecule has 106 valence electrons. The molecule has 21 heavy (non-hydrogen) atoms. The molecule has 1 aromatic heterocycles. The lowest BCUT2D eigenvalue weighted by molar-refractivity contribution is -0.131. The van der Waals surface area contributed by atoms with Gasteiger partial charge in [0.25, 0.3) is 5.91 Å². The number of pyridine rings is 1. The van der Waals surface area contributed by atoms with Crippen molar-refractivity contribution < 1.29 is 14.7 Å². The fraction of sp³-hybridized carbons (Fsp3) is 0.0625. The molecule has 0 radical (unpaired) electrons. The standard InChI is InChI=1S/C16H14N2O3/c19-15(20)7-6-13-11-17-9-8-14(13)16(21)18-10-12-4-2-1-3-5-12/h1-9,11H,10H2,(H,18,21)(H,19,20). The van der Waals surface area contributed by atoms with Crippen molar-refractivity contribution in [1.29, 1.82) is 0 Å². The van der Waals surface area contributed by atoms with E-state index in [1.165, 1.54) is 18.5 Å². The second kappa shape index (κ2) is 7.00. The molecule has 2 N–H and O–H groups in total. The van der Waals surface area contributed by atoms with Gasteiger partial charge in [0, 0.05) is 36.1 Å². The number of carbonyl (C=O) groups excluding carboxylic acids is 1. The second-order valence-electron chi connectivity index (χ2n) is 4.30. The number of carbonyl (C=O) groups is 2. The number of carboxylic acid groups (broad SMARTS) is 1. The van der Waals surface area contributed by atoms with Gasteiger partial charge in [0.1, 0.15) is 0 Å². The summed E-state index contributed by atoms with van der Waals surface area (Å²) in [6.07, 6.45) is 5.28. The third-order valence-electron chi connectivity index (χ3n) is 2.80. The fourth-order valence-electron chi connectivity index (χ4n) is 1.78. The minimum atomic E-state index is -1.07. The molecule has 2 rings (SSSR count). The predicted octanol–water partition coefficient (Wildman–Crippen LogP) is 2.11. The van der Waals surface area contributed by atoms with Crippen LogP contribution < -0.4 is 5.32 Å². The first-order valence-corrected chi connectivity index (χ1v) is 6.34. The van der Waals surface area contributed by atoms with Crippen LogP contribution in [-0.4, -0.2) is 22.0 Å². The highest BCUT2D eigenvalue weighted by atomic mass is 16.4. The van der Waals surface area contributed by atoms with Crippen molar-refractivity contribution in [3.8, 4) is 0 Å². The van der Waals surface area contributed by atoms with E-state index in [-0.39, 0.29) is 5.91 Å². The van der Waals surface area contributed by atoms with Crippen LogP contribution in [0.4, 0.5) is 0 Å². The highest BCUT2D eigenvalue weighted by molar-refractivity contribution is 5.98. The van der Waals surface area contributed by atoms with E-state index in [0.717, 1.165) is 11.6 Å². The van der Waals surface area contributed by atoms with Gasteiger partial charge in [0.05, 0.1) is 0 Å². The fourth-order valence-corrected chi connectivity index (χ4v) is 1.78. The number of rotatable bonds is 5. The Kier molecular flexibility index (Phi) is 4.82. The largest absolute Gasteiger partial charge is 0.478 e. The molecule has 0 saturated carbocycles. The maximum Gasteiger partial charge on any atom is 0.328 e. The van der Waals surface area contributed by atoms with Gasteiger partial charge in [-0.2, -0.15) is 0 Å². The summed E-state index contributed by atoms with van der Waals surface area (Å²) >= 11 is 0. The van der Waals surface area contributed by atoms with Gasteiger partial charge in [-0.15, -0.1) is 0 Å². The maximum absolute atomic E-state index is 12.2. The van der Waals surface area contributed by atoms with Gasteiger partial charge in [0.2, 0.25) is 0 Å². The van der Waals surface area contributed by atoms with Gasteiger partial charge < -0.3 is 10.4 Å². The van der Waals surface area contributed by atoms with Gasteiger partial charge in [-0.3, -0.25) is 9.78 Å². The van der Waals surface area contributed by atoms with Crippen LogP contribution in [0.25, 0.3) is 6.08 Å². The van der Waals surface area contributed by atoms with Crippen molar-refractivity contribution in [2.75, 3.05) is 0 Å². The summed E-state index contributed by atoms with van der Waals surface area (Å²) in [5.74, 6) is -1.35. The summed E-state index contributed by atoms with van der Waals surface area (Å²) in [4.78, 5) is 26.6. The van der Waals surface area contributed by atoms with Crippen LogP contribution in [0.5, 0.6) is 0 Å². The Labute approximate surface area is 122 Å². The van der Waals surface area contributed by atoms with Gasteiger partial charge in [-0.05, 0) is 17.7 Å². The van der Waals surface area contributed by atoms with Crippen molar-refractivity contribution >= 4 is 18.0 Å². The van der Waals surface area contributed by atoms with Crippen molar-refractivity contribution in [2.24, 2.45) is 0 Å². The van der Waals surface area contributed by atoms with E-state index in [1.807, 2.05) is 30.3 Å². The molecule has 1 aromatic carbocycles. The highest BCUT2D eigenvalue weighted by Gasteiger charge is 2.09. The summed E-state index contributed by atoms with van der Waals surface area (Å²) in [6, 6.07) is 11.1. The quantitative estimate of drug-likeness (QED) is 0.823. The molecule has 0 saturated heterocycles. The molecule has 1 heterocycles. The van der Waals surface area contributed by atoms with Crippen LogP contribution in [0.1, 0.15) is 21.5 Å². The number of hydrogen-bond donors (Lipinski definition) is 2. The van der Waals surface area contributed by atoms with Crippen LogP contribution in [0.2, 0.25) is 0 Å². The highest BCUT2D eigenvalue weighted by Crippen LogP contribution is 2.09. The van der Waals surface area contributed by atoms with Gasteiger partial charge in [0.15, 0.2) is 0 Å². The average molecular weight is 282 g/mol. The molecule has 0 aliphatic heterocycles. The molecule has 1 amide bonds. The lowest BCUT2D eigenvalue weighted by Gasteiger charge is -2.07. The first kappa shape index (κ1) is 14.5. The van der Waals surface area contributed by atoms with Crippen LogP contribution in [-0.2, 0) is 11.3 Å². The van der Waals surface area contributed by atoms with E-state index < -0.39 is 5.97 Å². The zero-order valence-corrected chi connectivity index (χ0v) is 11.2. The van der Waals surface area contributed by atoms with Gasteiger partial charge >= 0.3 is 5.97 Å². The lowest BCUT2D eigenvalue weighted by Crippen LogP contribution is -2.23. The number of nitrogens with one attached hydrogen (secondary N) is 1. The number of aliphatic carboxylic acids is 1. The Morgan fingerprint density at radius 1 is 1.19 bits per heavy atom. The molecule has 5 nitrogen and oxygen atoms in total. The first-order valence-electron chi connectivity index (χ1n) is 6.34. The number of amides is 1. The van der Waals surface area contributed by atoms with E-state index in [0.29, 0.717) is 17.7 Å². The van der Waals surface area contributed by atoms with Crippen LogP contribution in [0.15, 0.2) is 54.9 Å². The molecule has 0 bridgehead atoms. The SMILES string of the molecule is O=C(O)C=Cc1cnccc1C(=O)NCc1ccccc1. The molecule has 2 aromatic rings. The van der Waals surface area contributed by atoms with Crippen molar-refractivity contribution in [3.05, 3.63) is 71.6 Å². The van der Waals surface area contributed by atoms with Crippen molar-refractivity contribution in [2.45, 2.75) is 6.54 Å². The Bertz CT molecular complexity index is 666. The topological polar surface area (TPSA) is 79.3 Å². The molecular weight excluding hydrogens is 268 g/mol. The zero-order chi connectivity index (χ0) is 15.1. The van der Waals surface area contributed by atoms with Gasteiger partial charge in [-0.1, -0.05) is 30.3 Å². The van der Waals surface area contributed by atoms with Crippen LogP contribution in [0, 0.1) is 0 Å². The monoisotopic (exact) mass is 282 g/mol. The Morgan fingerprint density at radius 3 is 2.67 bits per heavy atom. The number of aromatic nitrogens is 1. The van der Waals surface area contributed by atoms with E-state index in [1.54, 1.807) is 6.07 Å². The minimum Gasteiger partial charge on any atom is -0.478 e. The number of nitrogens with zero attached hydrogens (tertiary/aromatic N) is 1. The van der Waals surface area contributed by atoms with E-state index >= 15 is 0 Å². The number of benzene rings is 1. The summed E-state index contributed by atoms with van der Waals surface area (Å²) in [7, 11) is 0. The number of carboxylic acids is 1. The summed E-state index contributed by atoms with van der Waals surface area (Å²) < 4.78 is 0. The van der Waals surface area contributed by atoms with E-state index in [2.05, 4.69) is 10.3 Å². The molecule has 0 atom stereocenters. The number of hydrogen-bond acceptors (Lipinski definition) is 3. The minimum absolute atomic E-state index is 0.272. The van der Waals surface area contributed by atoms with Crippen LogP contribution in [0.3, 0.4) is 0 Å². The molecule has 0 spiro atoms. The third kappa shape index (κ3) is 4.28. The average Bonchev–Trinajstić information content (AvgIpc) is 2.52. The molecule has 0 aliphatic rings. The Hall–Kier alpha value is -2.95. The molecule has 0 aliphatic carbocycles. The Morgan fingerprint density at radius 2 is 1.95 bits per heavy atom. The Balaban J connectivity index is 2.10. The maximum atomic E-state index is 12.2. The summed E-state index contributed by atoms with van der Waals surface area (Å²) in [6.45, 7) is 0.407. The first-order chi connectivity index (χ1) is 10.2. The summed E-state index contributed by atoms with van der Waals surface area (Å²) in [5.41, 5.74) is 1.84. The second-order valence-corrected chi connectivity index (χ2v) is 4.30. The van der Waals surface area contributed by atoms with Crippen LogP contribution >= 0.6 is 0 Å². The normalized spacial score (nSPS) is 10.5. The molecular formula is C16H14N2O3. The lowest BCUT2D eigenvalue weighted by atomic mass is 10.1. The van der Waals surface area contributed by atoms with E-state index in [4.69, 9.17) is 5.11 Å². The summed E-state index contributed by atoms with van der Waals surface area (Å²) in [5, 5.41) is 11.4. The predicted molar refractivity (Wildman–Crippen MR) is 78.5 cm³/mol.